The number of benzene rings is 1. The monoisotopic (exact) mass is 441 g/mol. The fourth-order valence-corrected chi connectivity index (χ4v) is 5.44. The smallest absolute Gasteiger partial charge is 0.265 e. The van der Waals surface area contributed by atoms with Crippen molar-refractivity contribution in [3.63, 3.8) is 0 Å². The van der Waals surface area contributed by atoms with Gasteiger partial charge in [-0.15, -0.1) is 0 Å². The third kappa shape index (κ3) is 4.15. The molecule has 170 valence electrons. The van der Waals surface area contributed by atoms with Crippen LogP contribution < -0.4 is 15.1 Å². The molecule has 2 rings (SSSR count). The largest absolute Gasteiger partial charge is 0.490 e. The lowest BCUT2D eigenvalue weighted by atomic mass is 9.95. The molecule has 0 radical (unpaired) electrons. The standard InChI is InChI=1S/C21H35N3O5S/c1-13(2)29-19-16(5)14(3)18(15(4)17(19)6)23-9-11-24(12-10-23)30(27,28)21(7,8)20(25)22-26/h13,26H,9-12H2,1-8H3,(H,22,25). The van der Waals surface area contributed by atoms with Crippen LogP contribution in [0.15, 0.2) is 0 Å². The zero-order valence-electron chi connectivity index (χ0n) is 19.3. The molecule has 0 spiro atoms. The first-order valence-corrected chi connectivity index (χ1v) is 11.7. The van der Waals surface area contributed by atoms with Crippen molar-refractivity contribution in [3.05, 3.63) is 22.3 Å². The third-order valence-corrected chi connectivity index (χ3v) is 8.58. The summed E-state index contributed by atoms with van der Waals surface area (Å²) in [5.74, 6) is -0.0228. The van der Waals surface area contributed by atoms with Gasteiger partial charge in [-0.3, -0.25) is 10.0 Å². The van der Waals surface area contributed by atoms with Crippen molar-refractivity contribution < 1.29 is 23.2 Å². The molecule has 0 aromatic heterocycles. The van der Waals surface area contributed by atoms with Gasteiger partial charge in [-0.25, -0.2) is 13.9 Å². The number of hydroxylamine groups is 1. The summed E-state index contributed by atoms with van der Waals surface area (Å²) in [7, 11) is -3.92. The molecule has 0 saturated carbocycles. The number of sulfonamides is 1. The normalized spacial score (nSPS) is 16.1. The first-order chi connectivity index (χ1) is 13.8. The van der Waals surface area contributed by atoms with E-state index in [4.69, 9.17) is 9.94 Å². The minimum absolute atomic E-state index is 0.0836. The van der Waals surface area contributed by atoms with E-state index in [9.17, 15) is 13.2 Å². The lowest BCUT2D eigenvalue weighted by Gasteiger charge is -2.40. The average Bonchev–Trinajstić information content (AvgIpc) is 2.69. The molecule has 0 bridgehead atoms. The van der Waals surface area contributed by atoms with Gasteiger partial charge >= 0.3 is 0 Å². The van der Waals surface area contributed by atoms with E-state index < -0.39 is 20.7 Å². The summed E-state index contributed by atoms with van der Waals surface area (Å²) in [6.07, 6.45) is 0.0836. The summed E-state index contributed by atoms with van der Waals surface area (Å²) in [6.45, 7) is 16.4. The van der Waals surface area contributed by atoms with Crippen LogP contribution >= 0.6 is 0 Å². The Morgan fingerprint density at radius 1 is 1.00 bits per heavy atom. The molecule has 0 atom stereocenters. The van der Waals surface area contributed by atoms with Gasteiger partial charge in [0.05, 0.1) is 6.10 Å². The predicted octanol–water partition coefficient (Wildman–Crippen LogP) is 2.44. The first kappa shape index (κ1) is 24.4. The zero-order chi connectivity index (χ0) is 23.0. The number of ether oxygens (including phenoxy) is 1. The molecular weight excluding hydrogens is 406 g/mol. The van der Waals surface area contributed by atoms with Gasteiger partial charge < -0.3 is 9.64 Å². The molecule has 8 nitrogen and oxygen atoms in total. The van der Waals surface area contributed by atoms with Crippen molar-refractivity contribution in [1.82, 2.24) is 9.79 Å². The maximum Gasteiger partial charge on any atom is 0.265 e. The highest BCUT2D eigenvalue weighted by molar-refractivity contribution is 7.91. The topological polar surface area (TPSA) is 99.2 Å². The van der Waals surface area contributed by atoms with Gasteiger partial charge in [-0.05, 0) is 77.6 Å². The molecule has 30 heavy (non-hydrogen) atoms. The van der Waals surface area contributed by atoms with E-state index in [0.29, 0.717) is 13.1 Å². The summed E-state index contributed by atoms with van der Waals surface area (Å²) in [5, 5.41) is 8.91. The molecule has 1 aliphatic heterocycles. The summed E-state index contributed by atoms with van der Waals surface area (Å²) in [5.41, 5.74) is 7.03. The van der Waals surface area contributed by atoms with Crippen LogP contribution in [0.1, 0.15) is 49.9 Å². The van der Waals surface area contributed by atoms with Crippen LogP contribution in [0.5, 0.6) is 5.75 Å². The second kappa shape index (κ2) is 8.72. The van der Waals surface area contributed by atoms with E-state index in [0.717, 1.165) is 33.7 Å². The summed E-state index contributed by atoms with van der Waals surface area (Å²) in [4.78, 5) is 14.1. The molecule has 1 aromatic carbocycles. The molecule has 0 unspecified atom stereocenters. The Kier molecular flexibility index (Phi) is 7.10. The van der Waals surface area contributed by atoms with Crippen LogP contribution in [0.3, 0.4) is 0 Å². The van der Waals surface area contributed by atoms with Crippen LogP contribution in [0.4, 0.5) is 5.69 Å². The number of piperazine rings is 1. The SMILES string of the molecule is Cc1c(C)c(N2CCN(S(=O)(=O)C(C)(C)C(=O)NO)CC2)c(C)c(C)c1OC(C)C. The highest BCUT2D eigenvalue weighted by atomic mass is 32.2. The Morgan fingerprint density at radius 2 is 1.47 bits per heavy atom. The number of nitrogens with one attached hydrogen (secondary N) is 1. The highest BCUT2D eigenvalue weighted by Gasteiger charge is 2.46. The van der Waals surface area contributed by atoms with E-state index in [1.54, 1.807) is 0 Å². The third-order valence-electron chi connectivity index (χ3n) is 6.06. The number of hydrogen-bond acceptors (Lipinski definition) is 6. The Labute approximate surface area is 180 Å². The van der Waals surface area contributed by atoms with Crippen LogP contribution in [0.2, 0.25) is 0 Å². The van der Waals surface area contributed by atoms with Gasteiger partial charge in [0.15, 0.2) is 4.75 Å². The van der Waals surface area contributed by atoms with Crippen LogP contribution in [0.25, 0.3) is 0 Å². The summed E-state index contributed by atoms with van der Waals surface area (Å²) < 4.78 is 31.5. The maximum absolute atomic E-state index is 13.0. The zero-order valence-corrected chi connectivity index (χ0v) is 20.1. The number of rotatable bonds is 6. The van der Waals surface area contributed by atoms with Crippen molar-refractivity contribution in [2.45, 2.75) is 66.2 Å². The van der Waals surface area contributed by atoms with Gasteiger partial charge in [0, 0.05) is 31.9 Å². The molecule has 1 saturated heterocycles. The van der Waals surface area contributed by atoms with Crippen molar-refractivity contribution in [2.24, 2.45) is 0 Å². The molecule has 0 aliphatic carbocycles. The van der Waals surface area contributed by atoms with E-state index in [1.165, 1.54) is 23.6 Å². The van der Waals surface area contributed by atoms with Crippen molar-refractivity contribution in [2.75, 3.05) is 31.1 Å². The van der Waals surface area contributed by atoms with Crippen molar-refractivity contribution in [1.29, 1.82) is 0 Å². The van der Waals surface area contributed by atoms with Gasteiger partial charge in [0.2, 0.25) is 10.0 Å². The van der Waals surface area contributed by atoms with Crippen molar-refractivity contribution >= 4 is 21.6 Å². The fourth-order valence-electron chi connectivity index (χ4n) is 3.87. The predicted molar refractivity (Wildman–Crippen MR) is 118 cm³/mol. The number of carbonyl (C=O) groups excluding carboxylic acids is 1. The number of amides is 1. The van der Waals surface area contributed by atoms with Crippen LogP contribution in [-0.4, -0.2) is 60.9 Å². The quantitative estimate of drug-likeness (QED) is 0.520. The molecule has 1 heterocycles. The van der Waals surface area contributed by atoms with Gasteiger partial charge in [-0.2, -0.15) is 4.31 Å². The van der Waals surface area contributed by atoms with Crippen molar-refractivity contribution in [3.8, 4) is 5.75 Å². The Bertz CT molecular complexity index is 888. The Balaban J connectivity index is 2.30. The molecule has 1 aliphatic rings. The van der Waals surface area contributed by atoms with E-state index >= 15 is 0 Å². The van der Waals surface area contributed by atoms with Gasteiger partial charge in [-0.1, -0.05) is 0 Å². The Morgan fingerprint density at radius 3 is 1.87 bits per heavy atom. The molecule has 1 aromatic rings. The number of hydrogen-bond donors (Lipinski definition) is 2. The van der Waals surface area contributed by atoms with E-state index in [-0.39, 0.29) is 19.2 Å². The molecule has 1 fully saturated rings. The summed E-state index contributed by atoms with van der Waals surface area (Å²) >= 11 is 0. The second-order valence-corrected chi connectivity index (χ2v) is 11.2. The molecule has 2 N–H and O–H groups in total. The van der Waals surface area contributed by atoms with E-state index in [1.807, 2.05) is 13.8 Å². The lowest BCUT2D eigenvalue weighted by Crippen LogP contribution is -2.58. The van der Waals surface area contributed by atoms with Crippen LogP contribution in [0, 0.1) is 27.7 Å². The second-order valence-electron chi connectivity index (χ2n) is 8.69. The molecule has 1 amide bonds. The molecular formula is C21H35N3O5S. The van der Waals surface area contributed by atoms with Gasteiger partial charge in [0.1, 0.15) is 5.75 Å². The van der Waals surface area contributed by atoms with Crippen LogP contribution in [-0.2, 0) is 14.8 Å². The minimum atomic E-state index is -3.92. The first-order valence-electron chi connectivity index (χ1n) is 10.2. The fraction of sp³-hybridized carbons (Fsp3) is 0.667. The minimum Gasteiger partial charge on any atom is -0.490 e. The maximum atomic E-state index is 13.0. The number of nitrogens with zero attached hydrogens (tertiary/aromatic N) is 2. The summed E-state index contributed by atoms with van der Waals surface area (Å²) in [6, 6.07) is 0. The average molecular weight is 442 g/mol. The number of carbonyl (C=O) groups is 1. The lowest BCUT2D eigenvalue weighted by molar-refractivity contribution is -0.131. The number of anilines is 1. The van der Waals surface area contributed by atoms with E-state index in [2.05, 4.69) is 32.6 Å². The molecule has 9 heteroatoms. The Hall–Kier alpha value is -1.84. The van der Waals surface area contributed by atoms with Gasteiger partial charge in [0.25, 0.3) is 5.91 Å². The highest BCUT2D eigenvalue weighted by Crippen LogP contribution is 2.39.